The first kappa shape index (κ1) is 18.1. The van der Waals surface area contributed by atoms with Crippen LogP contribution in [0.3, 0.4) is 0 Å². The van der Waals surface area contributed by atoms with E-state index in [2.05, 4.69) is 65.8 Å². The third kappa shape index (κ3) is 3.97. The monoisotopic (exact) mass is 324 g/mol. The van der Waals surface area contributed by atoms with Gasteiger partial charge in [0.15, 0.2) is 0 Å². The average molecular weight is 324 g/mol. The third-order valence-electron chi connectivity index (χ3n) is 4.20. The van der Waals surface area contributed by atoms with Crippen molar-refractivity contribution in [1.29, 1.82) is 0 Å². The number of amides is 2. The Hall–Kier alpha value is -2.29. The molecule has 0 aliphatic rings. The van der Waals surface area contributed by atoms with Gasteiger partial charge in [-0.3, -0.25) is 4.90 Å². The normalized spacial score (nSPS) is 12.1. The van der Waals surface area contributed by atoms with Crippen LogP contribution in [0.4, 0.5) is 16.2 Å². The van der Waals surface area contributed by atoms with Gasteiger partial charge in [0.25, 0.3) is 0 Å². The van der Waals surface area contributed by atoms with E-state index in [0.29, 0.717) is 0 Å². The topological polar surface area (TPSA) is 46.3 Å². The number of nitrogens with two attached hydrogens (primary N) is 1. The van der Waals surface area contributed by atoms with Gasteiger partial charge in [-0.05, 0) is 46.2 Å². The fraction of sp³-hybridized carbons (Fsp3) is 0.381. The number of carbonyl (C=O) groups excluding carboxylic acids is 1. The quantitative estimate of drug-likeness (QED) is 0.779. The van der Waals surface area contributed by atoms with E-state index in [9.17, 15) is 4.79 Å². The van der Waals surface area contributed by atoms with E-state index in [4.69, 9.17) is 5.73 Å². The number of nitrogens with zero attached hydrogens (tertiary/aromatic N) is 1. The smallest absolute Gasteiger partial charge is 0.323 e. The lowest BCUT2D eigenvalue weighted by atomic mass is 9.87. The summed E-state index contributed by atoms with van der Waals surface area (Å²) < 4.78 is 0. The number of hydrogen-bond acceptors (Lipinski definition) is 1. The van der Waals surface area contributed by atoms with Gasteiger partial charge in [0.1, 0.15) is 0 Å². The standard InChI is InChI=1S/C21H28N2O/c1-20(2,3)15-7-11-17(12-8-15)23(19(22)24)18-13-9-16(10-14-18)21(4,5)6/h7-14H,1-6H3,(H2,22,24). The fourth-order valence-corrected chi connectivity index (χ4v) is 2.62. The largest absolute Gasteiger partial charge is 0.351 e. The molecule has 0 saturated carbocycles. The van der Waals surface area contributed by atoms with Crippen molar-refractivity contribution in [2.75, 3.05) is 4.90 Å². The second-order valence-electron chi connectivity index (χ2n) is 8.27. The van der Waals surface area contributed by atoms with Crippen LogP contribution in [0.2, 0.25) is 0 Å². The van der Waals surface area contributed by atoms with Gasteiger partial charge in [-0.15, -0.1) is 0 Å². The van der Waals surface area contributed by atoms with Crippen molar-refractivity contribution in [2.45, 2.75) is 52.4 Å². The van der Waals surface area contributed by atoms with Gasteiger partial charge >= 0.3 is 6.03 Å². The number of carbonyl (C=O) groups is 1. The SMILES string of the molecule is CC(C)(C)c1ccc(N(C(N)=O)c2ccc(C(C)(C)C)cc2)cc1. The van der Waals surface area contributed by atoms with E-state index in [-0.39, 0.29) is 10.8 Å². The number of anilines is 2. The highest BCUT2D eigenvalue weighted by Crippen LogP contribution is 2.31. The van der Waals surface area contributed by atoms with Crippen molar-refractivity contribution >= 4 is 17.4 Å². The summed E-state index contributed by atoms with van der Waals surface area (Å²) in [6.45, 7) is 13.0. The van der Waals surface area contributed by atoms with E-state index in [0.717, 1.165) is 11.4 Å². The Morgan fingerprint density at radius 2 is 1.00 bits per heavy atom. The van der Waals surface area contributed by atoms with Crippen molar-refractivity contribution in [3.05, 3.63) is 59.7 Å². The van der Waals surface area contributed by atoms with Crippen LogP contribution in [-0.2, 0) is 10.8 Å². The number of primary amides is 1. The maximum absolute atomic E-state index is 12.0. The van der Waals surface area contributed by atoms with Crippen molar-refractivity contribution < 1.29 is 4.79 Å². The molecule has 3 heteroatoms. The molecule has 0 aromatic heterocycles. The van der Waals surface area contributed by atoms with Crippen molar-refractivity contribution in [3.63, 3.8) is 0 Å². The first-order valence-electron chi connectivity index (χ1n) is 8.31. The van der Waals surface area contributed by atoms with Crippen LogP contribution in [0.15, 0.2) is 48.5 Å². The highest BCUT2D eigenvalue weighted by atomic mass is 16.2. The molecule has 0 fully saturated rings. The lowest BCUT2D eigenvalue weighted by molar-refractivity contribution is 0.256. The van der Waals surface area contributed by atoms with Gasteiger partial charge in [-0.1, -0.05) is 65.8 Å². The number of rotatable bonds is 2. The fourth-order valence-electron chi connectivity index (χ4n) is 2.62. The third-order valence-corrected chi connectivity index (χ3v) is 4.20. The molecule has 2 N–H and O–H groups in total. The van der Waals surface area contributed by atoms with Crippen molar-refractivity contribution in [1.82, 2.24) is 0 Å². The van der Waals surface area contributed by atoms with Crippen LogP contribution >= 0.6 is 0 Å². The Morgan fingerprint density at radius 1 is 0.708 bits per heavy atom. The minimum Gasteiger partial charge on any atom is -0.351 e. The lowest BCUT2D eigenvalue weighted by Crippen LogP contribution is -2.31. The Kier molecular flexibility index (Phi) is 4.75. The maximum Gasteiger partial charge on any atom is 0.323 e. The van der Waals surface area contributed by atoms with E-state index < -0.39 is 6.03 Å². The molecular formula is C21H28N2O. The Bertz CT molecular complexity index is 644. The Labute approximate surface area is 145 Å². The molecule has 3 nitrogen and oxygen atoms in total. The van der Waals surface area contributed by atoms with E-state index in [1.54, 1.807) is 4.90 Å². The molecule has 0 unspecified atom stereocenters. The minimum absolute atomic E-state index is 0.0738. The zero-order valence-corrected chi connectivity index (χ0v) is 15.6. The Morgan fingerprint density at radius 3 is 1.21 bits per heavy atom. The summed E-state index contributed by atoms with van der Waals surface area (Å²) in [6, 6.07) is 15.5. The second-order valence-corrected chi connectivity index (χ2v) is 8.27. The van der Waals surface area contributed by atoms with Gasteiger partial charge in [0.2, 0.25) is 0 Å². The van der Waals surface area contributed by atoms with Crippen LogP contribution in [0.1, 0.15) is 52.7 Å². The summed E-state index contributed by atoms with van der Waals surface area (Å²) in [6.07, 6.45) is 0. The minimum atomic E-state index is -0.484. The van der Waals surface area contributed by atoms with E-state index in [1.165, 1.54) is 11.1 Å². The summed E-state index contributed by atoms with van der Waals surface area (Å²) in [5.74, 6) is 0. The average Bonchev–Trinajstić information content (AvgIpc) is 2.46. The molecule has 128 valence electrons. The molecule has 0 heterocycles. The molecule has 24 heavy (non-hydrogen) atoms. The van der Waals surface area contributed by atoms with Gasteiger partial charge in [0.05, 0.1) is 11.4 Å². The summed E-state index contributed by atoms with van der Waals surface area (Å²) in [5.41, 5.74) is 9.78. The van der Waals surface area contributed by atoms with E-state index >= 15 is 0 Å². The van der Waals surface area contributed by atoms with Crippen LogP contribution in [0.25, 0.3) is 0 Å². The second kappa shape index (κ2) is 6.31. The molecule has 2 rings (SSSR count). The maximum atomic E-state index is 12.0. The summed E-state index contributed by atoms with van der Waals surface area (Å²) in [5, 5.41) is 0. The van der Waals surface area contributed by atoms with Crippen LogP contribution < -0.4 is 10.6 Å². The lowest BCUT2D eigenvalue weighted by Gasteiger charge is -2.25. The van der Waals surface area contributed by atoms with Gasteiger partial charge in [-0.2, -0.15) is 0 Å². The number of benzene rings is 2. The van der Waals surface area contributed by atoms with Crippen LogP contribution in [0.5, 0.6) is 0 Å². The predicted molar refractivity (Wildman–Crippen MR) is 102 cm³/mol. The first-order valence-corrected chi connectivity index (χ1v) is 8.31. The zero-order chi connectivity index (χ0) is 18.1. The van der Waals surface area contributed by atoms with Gasteiger partial charge < -0.3 is 5.73 Å². The Balaban J connectivity index is 2.38. The molecule has 0 aliphatic heterocycles. The molecule has 0 spiro atoms. The van der Waals surface area contributed by atoms with Crippen LogP contribution in [0, 0.1) is 0 Å². The van der Waals surface area contributed by atoms with E-state index in [1.807, 2.05) is 24.3 Å². The van der Waals surface area contributed by atoms with Gasteiger partial charge in [0, 0.05) is 0 Å². The molecule has 0 atom stereocenters. The molecule has 2 aromatic carbocycles. The molecule has 2 amide bonds. The molecule has 0 radical (unpaired) electrons. The van der Waals surface area contributed by atoms with Gasteiger partial charge in [-0.25, -0.2) is 4.79 Å². The summed E-state index contributed by atoms with van der Waals surface area (Å²) in [7, 11) is 0. The highest BCUT2D eigenvalue weighted by molar-refractivity contribution is 5.98. The molecular weight excluding hydrogens is 296 g/mol. The van der Waals surface area contributed by atoms with Crippen molar-refractivity contribution in [3.8, 4) is 0 Å². The zero-order valence-electron chi connectivity index (χ0n) is 15.6. The molecule has 0 saturated heterocycles. The van der Waals surface area contributed by atoms with Crippen LogP contribution in [-0.4, -0.2) is 6.03 Å². The summed E-state index contributed by atoms with van der Waals surface area (Å²) >= 11 is 0. The highest BCUT2D eigenvalue weighted by Gasteiger charge is 2.19. The molecule has 0 aliphatic carbocycles. The first-order chi connectivity index (χ1) is 11.0. The molecule has 0 bridgehead atoms. The molecule has 2 aromatic rings. The number of urea groups is 1. The summed E-state index contributed by atoms with van der Waals surface area (Å²) in [4.78, 5) is 13.6. The number of hydrogen-bond donors (Lipinski definition) is 1. The predicted octanol–water partition coefficient (Wildman–Crippen LogP) is 5.50. The van der Waals surface area contributed by atoms with Crippen molar-refractivity contribution in [2.24, 2.45) is 5.73 Å².